The summed E-state index contributed by atoms with van der Waals surface area (Å²) in [7, 11) is 0. The molecule has 0 bridgehead atoms. The first kappa shape index (κ1) is 22.9. The van der Waals surface area contributed by atoms with E-state index in [0.29, 0.717) is 15.9 Å². The average Bonchev–Trinajstić information content (AvgIpc) is 3.71. The molecule has 1 N–H and O–H groups in total. The Morgan fingerprint density at radius 2 is 1.71 bits per heavy atom. The van der Waals surface area contributed by atoms with Crippen LogP contribution in [0, 0.1) is 5.92 Å². The van der Waals surface area contributed by atoms with E-state index in [0.717, 1.165) is 72.9 Å². The van der Waals surface area contributed by atoms with E-state index < -0.39 is 0 Å². The van der Waals surface area contributed by atoms with Crippen molar-refractivity contribution < 1.29 is 9.53 Å². The molecule has 1 atom stereocenters. The van der Waals surface area contributed by atoms with Gasteiger partial charge in [0.2, 0.25) is 11.8 Å². The number of nitrogens with one attached hydrogen (secondary N) is 1. The van der Waals surface area contributed by atoms with E-state index >= 15 is 0 Å². The van der Waals surface area contributed by atoms with Gasteiger partial charge >= 0.3 is 0 Å². The minimum Gasteiger partial charge on any atom is -0.471 e. The Morgan fingerprint density at radius 3 is 2.43 bits per heavy atom. The van der Waals surface area contributed by atoms with Crippen molar-refractivity contribution >= 4 is 29.1 Å². The maximum Gasteiger partial charge on any atom is 0.223 e. The highest BCUT2D eigenvalue weighted by atomic mass is 35.5. The lowest BCUT2D eigenvalue weighted by molar-refractivity contribution is -0.123. The monoisotopic (exact) mass is 506 g/mol. The standard InChI is InChI=1S/C29H28Cl2N2O2/c30-20-12-10-18(11-13-20)22-16-23-25(32-27(34)19-8-9-19)17-29(14-4-1-5-15-29)35-28(23)33-26(22)21-6-2-3-7-24(21)31/h2-3,6-7,10-13,16,19,25H,1,4-5,8-9,14-15,17H2,(H,32,34). The minimum absolute atomic E-state index is 0.121. The van der Waals surface area contributed by atoms with Gasteiger partial charge in [0, 0.05) is 39.1 Å². The van der Waals surface area contributed by atoms with Crippen molar-refractivity contribution in [1.29, 1.82) is 0 Å². The van der Waals surface area contributed by atoms with Crippen LogP contribution < -0.4 is 10.1 Å². The third-order valence-corrected chi connectivity index (χ3v) is 8.18. The number of carbonyl (C=O) groups is 1. The van der Waals surface area contributed by atoms with Crippen LogP contribution in [0.2, 0.25) is 10.0 Å². The third kappa shape index (κ3) is 4.54. The number of carbonyl (C=O) groups excluding carboxylic acids is 1. The fourth-order valence-corrected chi connectivity index (χ4v) is 5.90. The van der Waals surface area contributed by atoms with E-state index in [1.165, 1.54) is 6.42 Å². The fraction of sp³-hybridized carbons (Fsp3) is 0.379. The molecule has 2 aromatic carbocycles. The van der Waals surface area contributed by atoms with Gasteiger partial charge < -0.3 is 10.1 Å². The van der Waals surface area contributed by atoms with Crippen LogP contribution >= 0.6 is 23.2 Å². The molecule has 6 heteroatoms. The highest BCUT2D eigenvalue weighted by Gasteiger charge is 2.44. The van der Waals surface area contributed by atoms with Gasteiger partial charge in [-0.3, -0.25) is 4.79 Å². The largest absolute Gasteiger partial charge is 0.471 e. The van der Waals surface area contributed by atoms with E-state index in [-0.39, 0.29) is 23.5 Å². The van der Waals surface area contributed by atoms with Gasteiger partial charge in [-0.2, -0.15) is 0 Å². The van der Waals surface area contributed by atoms with Crippen LogP contribution in [-0.2, 0) is 4.79 Å². The third-order valence-electron chi connectivity index (χ3n) is 7.59. The van der Waals surface area contributed by atoms with Crippen molar-refractivity contribution in [1.82, 2.24) is 10.3 Å². The SMILES string of the molecule is O=C(NC1CC2(CCCCC2)Oc2nc(-c3ccccc3Cl)c(-c3ccc(Cl)cc3)cc21)C1CC1. The fourth-order valence-electron chi connectivity index (χ4n) is 5.55. The van der Waals surface area contributed by atoms with Crippen molar-refractivity contribution in [3.05, 3.63) is 70.2 Å². The number of nitrogens with zero attached hydrogens (tertiary/aromatic N) is 1. The summed E-state index contributed by atoms with van der Waals surface area (Å²) < 4.78 is 6.73. The molecular weight excluding hydrogens is 479 g/mol. The molecule has 35 heavy (non-hydrogen) atoms. The van der Waals surface area contributed by atoms with Gasteiger partial charge in [0.15, 0.2) is 0 Å². The number of benzene rings is 2. The number of hydrogen-bond donors (Lipinski definition) is 1. The first-order valence-electron chi connectivity index (χ1n) is 12.6. The van der Waals surface area contributed by atoms with Gasteiger partial charge in [-0.05, 0) is 68.4 Å². The maximum atomic E-state index is 12.9. The van der Waals surface area contributed by atoms with Gasteiger partial charge in [-0.1, -0.05) is 60.0 Å². The van der Waals surface area contributed by atoms with Gasteiger partial charge in [0.25, 0.3) is 0 Å². The topological polar surface area (TPSA) is 51.2 Å². The van der Waals surface area contributed by atoms with Crippen LogP contribution in [0.4, 0.5) is 0 Å². The first-order chi connectivity index (χ1) is 17.0. The first-order valence-corrected chi connectivity index (χ1v) is 13.3. The van der Waals surface area contributed by atoms with Gasteiger partial charge in [0.1, 0.15) is 5.60 Å². The second-order valence-corrected chi connectivity index (χ2v) is 11.0. The zero-order valence-corrected chi connectivity index (χ0v) is 21.0. The zero-order chi connectivity index (χ0) is 24.0. The van der Waals surface area contributed by atoms with Crippen LogP contribution in [0.3, 0.4) is 0 Å². The molecule has 6 rings (SSSR count). The van der Waals surface area contributed by atoms with Gasteiger partial charge in [0.05, 0.1) is 11.7 Å². The molecule has 1 aromatic heterocycles. The molecule has 2 aliphatic carbocycles. The average molecular weight is 507 g/mol. The lowest BCUT2D eigenvalue weighted by atomic mass is 9.77. The number of hydrogen-bond acceptors (Lipinski definition) is 3. The number of amides is 1. The zero-order valence-electron chi connectivity index (χ0n) is 19.5. The summed E-state index contributed by atoms with van der Waals surface area (Å²) in [5, 5.41) is 4.67. The predicted octanol–water partition coefficient (Wildman–Crippen LogP) is 7.78. The molecule has 1 spiro atoms. The number of halogens is 2. The highest BCUT2D eigenvalue weighted by Crippen LogP contribution is 2.49. The summed E-state index contributed by atoms with van der Waals surface area (Å²) in [6.45, 7) is 0. The van der Waals surface area contributed by atoms with Crippen LogP contribution in [0.5, 0.6) is 5.88 Å². The Morgan fingerprint density at radius 1 is 0.971 bits per heavy atom. The number of ether oxygens (including phenoxy) is 1. The van der Waals surface area contributed by atoms with Crippen LogP contribution in [0.15, 0.2) is 54.6 Å². The van der Waals surface area contributed by atoms with Crippen molar-refractivity contribution in [3.8, 4) is 28.3 Å². The second-order valence-electron chi connectivity index (χ2n) is 10.2. The van der Waals surface area contributed by atoms with Crippen LogP contribution in [-0.4, -0.2) is 16.5 Å². The maximum absolute atomic E-state index is 12.9. The van der Waals surface area contributed by atoms with E-state index in [2.05, 4.69) is 11.4 Å². The number of fused-ring (bicyclic) bond motifs is 1. The van der Waals surface area contributed by atoms with Crippen molar-refractivity contribution in [2.75, 3.05) is 0 Å². The highest BCUT2D eigenvalue weighted by molar-refractivity contribution is 6.33. The van der Waals surface area contributed by atoms with Crippen molar-refractivity contribution in [2.24, 2.45) is 5.92 Å². The predicted molar refractivity (Wildman–Crippen MR) is 140 cm³/mol. The molecule has 2 saturated carbocycles. The minimum atomic E-state index is -0.278. The molecular formula is C29H28Cl2N2O2. The van der Waals surface area contributed by atoms with E-state index in [9.17, 15) is 4.79 Å². The van der Waals surface area contributed by atoms with E-state index in [1.54, 1.807) is 0 Å². The van der Waals surface area contributed by atoms with Gasteiger partial charge in [-0.25, -0.2) is 4.98 Å². The lowest BCUT2D eigenvalue weighted by Crippen LogP contribution is -2.47. The van der Waals surface area contributed by atoms with E-state index in [4.69, 9.17) is 32.9 Å². The van der Waals surface area contributed by atoms with E-state index in [1.807, 2.05) is 48.5 Å². The smallest absolute Gasteiger partial charge is 0.223 e. The van der Waals surface area contributed by atoms with Crippen LogP contribution in [0.1, 0.15) is 63.0 Å². The molecule has 2 heterocycles. The molecule has 4 nitrogen and oxygen atoms in total. The Bertz CT molecular complexity index is 1260. The molecule has 2 fully saturated rings. The number of rotatable bonds is 4. The number of aromatic nitrogens is 1. The quantitative estimate of drug-likeness (QED) is 0.392. The molecule has 1 aliphatic heterocycles. The normalized spacial score (nSPS) is 20.7. The molecule has 180 valence electrons. The molecule has 3 aliphatic rings. The molecule has 0 radical (unpaired) electrons. The van der Waals surface area contributed by atoms with Crippen molar-refractivity contribution in [3.63, 3.8) is 0 Å². The molecule has 0 saturated heterocycles. The summed E-state index contributed by atoms with van der Waals surface area (Å²) in [5.74, 6) is 0.915. The molecule has 3 aromatic rings. The summed E-state index contributed by atoms with van der Waals surface area (Å²) in [6, 6.07) is 17.5. The Kier molecular flexibility index (Phi) is 5.98. The van der Waals surface area contributed by atoms with Crippen molar-refractivity contribution in [2.45, 2.75) is 63.0 Å². The molecule has 1 unspecified atom stereocenters. The summed E-state index contributed by atoms with van der Waals surface area (Å²) >= 11 is 12.8. The Labute approximate surface area is 216 Å². The summed E-state index contributed by atoms with van der Waals surface area (Å²) in [6.07, 6.45) is 8.22. The van der Waals surface area contributed by atoms with Gasteiger partial charge in [-0.15, -0.1) is 0 Å². The summed E-state index contributed by atoms with van der Waals surface area (Å²) in [5.41, 5.74) is 4.23. The summed E-state index contributed by atoms with van der Waals surface area (Å²) in [4.78, 5) is 18.0. The lowest BCUT2D eigenvalue weighted by Gasteiger charge is -2.44. The Balaban J connectivity index is 1.52. The Hall–Kier alpha value is -2.56. The van der Waals surface area contributed by atoms with Crippen LogP contribution in [0.25, 0.3) is 22.4 Å². The number of pyridine rings is 1. The molecule has 1 amide bonds. The second kappa shape index (κ2) is 9.15.